The number of aromatic hydroxyl groups is 1. The molecule has 0 aliphatic heterocycles. The summed E-state index contributed by atoms with van der Waals surface area (Å²) in [6.45, 7) is 1.45. The Balaban J connectivity index is 2.49. The predicted octanol–water partition coefficient (Wildman–Crippen LogP) is 0.697. The smallest absolute Gasteiger partial charge is 0.278 e. The number of amides is 1. The third kappa shape index (κ3) is 2.99. The Morgan fingerprint density at radius 2 is 1.90 bits per heavy atom. The standard InChI is InChI=1S/C13H11BN4O3/c1-6-9(11(15)19)12(20)16-13(21)10(6)18-17-8-4-2-7(14)3-5-8/h2-5H,1H3,(H2,15,19)(H2,16,20,21). The minimum absolute atomic E-state index is 0.0987. The van der Waals surface area contributed by atoms with E-state index >= 15 is 0 Å². The second-order valence-electron chi connectivity index (χ2n) is 4.31. The molecule has 0 saturated heterocycles. The van der Waals surface area contributed by atoms with E-state index in [1.807, 2.05) is 0 Å². The zero-order valence-corrected chi connectivity index (χ0v) is 11.1. The first-order valence-electron chi connectivity index (χ1n) is 5.93. The van der Waals surface area contributed by atoms with Gasteiger partial charge in [-0.25, -0.2) is 0 Å². The van der Waals surface area contributed by atoms with Gasteiger partial charge >= 0.3 is 0 Å². The molecule has 2 rings (SSSR count). The van der Waals surface area contributed by atoms with Gasteiger partial charge in [0.25, 0.3) is 11.5 Å². The molecule has 21 heavy (non-hydrogen) atoms. The van der Waals surface area contributed by atoms with Crippen molar-refractivity contribution in [2.75, 3.05) is 0 Å². The molecule has 0 atom stereocenters. The van der Waals surface area contributed by atoms with Gasteiger partial charge in [-0.2, -0.15) is 5.11 Å². The Kier molecular flexibility index (Phi) is 3.88. The highest BCUT2D eigenvalue weighted by molar-refractivity contribution is 6.32. The van der Waals surface area contributed by atoms with Gasteiger partial charge in [0.2, 0.25) is 5.88 Å². The third-order valence-corrected chi connectivity index (χ3v) is 2.82. The average molecular weight is 282 g/mol. The number of primary amides is 1. The molecule has 8 heteroatoms. The maximum absolute atomic E-state index is 11.8. The molecule has 2 radical (unpaired) electrons. The van der Waals surface area contributed by atoms with Gasteiger partial charge in [0.1, 0.15) is 13.4 Å². The van der Waals surface area contributed by atoms with E-state index in [0.717, 1.165) is 0 Å². The second kappa shape index (κ2) is 5.62. The normalized spacial score (nSPS) is 10.9. The van der Waals surface area contributed by atoms with Crippen LogP contribution in [-0.4, -0.2) is 23.8 Å². The van der Waals surface area contributed by atoms with Crippen molar-refractivity contribution in [3.05, 3.63) is 45.7 Å². The van der Waals surface area contributed by atoms with E-state index in [-0.39, 0.29) is 16.8 Å². The van der Waals surface area contributed by atoms with Gasteiger partial charge in [0.15, 0.2) is 5.69 Å². The van der Waals surface area contributed by atoms with Gasteiger partial charge in [0, 0.05) is 5.56 Å². The van der Waals surface area contributed by atoms with E-state index in [1.54, 1.807) is 24.3 Å². The molecule has 0 saturated carbocycles. The third-order valence-electron chi connectivity index (χ3n) is 2.82. The average Bonchev–Trinajstić information content (AvgIpc) is 2.39. The number of nitrogens with one attached hydrogen (secondary N) is 1. The van der Waals surface area contributed by atoms with Crippen LogP contribution >= 0.6 is 0 Å². The summed E-state index contributed by atoms with van der Waals surface area (Å²) in [5.41, 5.74) is 5.40. The number of benzene rings is 1. The van der Waals surface area contributed by atoms with Gasteiger partial charge in [-0.1, -0.05) is 17.6 Å². The summed E-state index contributed by atoms with van der Waals surface area (Å²) < 4.78 is 0. The summed E-state index contributed by atoms with van der Waals surface area (Å²) in [5.74, 6) is -1.46. The number of aromatic nitrogens is 1. The van der Waals surface area contributed by atoms with E-state index < -0.39 is 17.3 Å². The van der Waals surface area contributed by atoms with Crippen molar-refractivity contribution in [3.8, 4) is 5.88 Å². The van der Waals surface area contributed by atoms with E-state index in [2.05, 4.69) is 15.2 Å². The number of hydrogen-bond acceptors (Lipinski definition) is 5. The van der Waals surface area contributed by atoms with Crippen LogP contribution in [0.1, 0.15) is 15.9 Å². The highest BCUT2D eigenvalue weighted by Crippen LogP contribution is 2.24. The van der Waals surface area contributed by atoms with Gasteiger partial charge in [0.05, 0.1) is 5.69 Å². The van der Waals surface area contributed by atoms with Crippen LogP contribution in [0.5, 0.6) is 5.88 Å². The van der Waals surface area contributed by atoms with Crippen LogP contribution < -0.4 is 16.8 Å². The lowest BCUT2D eigenvalue weighted by Gasteiger charge is -2.06. The summed E-state index contributed by atoms with van der Waals surface area (Å²) >= 11 is 0. The van der Waals surface area contributed by atoms with Crippen LogP contribution in [-0.2, 0) is 0 Å². The fourth-order valence-corrected chi connectivity index (χ4v) is 1.77. The number of aromatic amines is 1. The zero-order valence-electron chi connectivity index (χ0n) is 11.1. The van der Waals surface area contributed by atoms with Gasteiger partial charge in [-0.05, 0) is 19.1 Å². The summed E-state index contributed by atoms with van der Waals surface area (Å²) in [7, 11) is 5.55. The van der Waals surface area contributed by atoms with Crippen molar-refractivity contribution in [3.63, 3.8) is 0 Å². The second-order valence-corrected chi connectivity index (χ2v) is 4.31. The molecule has 4 N–H and O–H groups in total. The zero-order chi connectivity index (χ0) is 15.6. The Morgan fingerprint density at radius 1 is 1.29 bits per heavy atom. The molecule has 1 heterocycles. The SMILES string of the molecule is [B]c1ccc(N=Nc2c(C)c(C(N)=O)c(O)[nH]c2=O)cc1. The van der Waals surface area contributed by atoms with Crippen LogP contribution in [0.2, 0.25) is 0 Å². The van der Waals surface area contributed by atoms with Crippen molar-refractivity contribution in [2.24, 2.45) is 16.0 Å². The summed E-state index contributed by atoms with van der Waals surface area (Å²) in [6.07, 6.45) is 0. The minimum Gasteiger partial charge on any atom is -0.494 e. The summed E-state index contributed by atoms with van der Waals surface area (Å²) in [4.78, 5) is 25.1. The number of pyridine rings is 1. The topological polar surface area (TPSA) is 121 Å². The Hall–Kier alpha value is -2.90. The lowest BCUT2D eigenvalue weighted by molar-refractivity contribution is 0.0996. The number of nitrogens with zero attached hydrogens (tertiary/aromatic N) is 2. The van der Waals surface area contributed by atoms with Gasteiger partial charge < -0.3 is 10.8 Å². The van der Waals surface area contributed by atoms with Crippen LogP contribution in [0.4, 0.5) is 11.4 Å². The highest BCUT2D eigenvalue weighted by Gasteiger charge is 2.18. The number of H-pyrrole nitrogens is 1. The van der Waals surface area contributed by atoms with Crippen molar-refractivity contribution in [1.82, 2.24) is 4.98 Å². The number of carbonyl (C=O) groups is 1. The van der Waals surface area contributed by atoms with E-state index in [1.165, 1.54) is 6.92 Å². The molecule has 104 valence electrons. The molecule has 1 amide bonds. The van der Waals surface area contributed by atoms with E-state index in [9.17, 15) is 14.7 Å². The molecule has 0 aliphatic carbocycles. The van der Waals surface area contributed by atoms with Crippen LogP contribution in [0.25, 0.3) is 0 Å². The molecule has 0 fully saturated rings. The summed E-state index contributed by atoms with van der Waals surface area (Å²) in [5, 5.41) is 17.2. The van der Waals surface area contributed by atoms with Gasteiger partial charge in [-0.3, -0.25) is 14.6 Å². The molecule has 0 unspecified atom stereocenters. The van der Waals surface area contributed by atoms with E-state index in [0.29, 0.717) is 11.2 Å². The first-order valence-corrected chi connectivity index (χ1v) is 5.93. The Morgan fingerprint density at radius 3 is 2.48 bits per heavy atom. The van der Waals surface area contributed by atoms with Crippen LogP contribution in [0.15, 0.2) is 39.3 Å². The predicted molar refractivity (Wildman–Crippen MR) is 78.0 cm³/mol. The Labute approximate surface area is 120 Å². The first-order chi connectivity index (χ1) is 9.90. The van der Waals surface area contributed by atoms with Gasteiger partial charge in [-0.15, -0.1) is 5.11 Å². The molecule has 0 aliphatic rings. The molecule has 1 aromatic heterocycles. The first kappa shape index (κ1) is 14.5. The maximum Gasteiger partial charge on any atom is 0.278 e. The molecule has 2 aromatic rings. The van der Waals surface area contributed by atoms with Crippen molar-refractivity contribution < 1.29 is 9.90 Å². The number of rotatable bonds is 3. The quantitative estimate of drug-likeness (QED) is 0.567. The molecule has 1 aromatic carbocycles. The molecular formula is C13H11BN4O3. The number of hydrogen-bond donors (Lipinski definition) is 3. The highest BCUT2D eigenvalue weighted by atomic mass is 16.3. The fourth-order valence-electron chi connectivity index (χ4n) is 1.77. The van der Waals surface area contributed by atoms with Crippen molar-refractivity contribution >= 4 is 30.6 Å². The van der Waals surface area contributed by atoms with E-state index in [4.69, 9.17) is 13.6 Å². The van der Waals surface area contributed by atoms with Crippen molar-refractivity contribution in [2.45, 2.75) is 6.92 Å². The lowest BCUT2D eigenvalue weighted by Crippen LogP contribution is -2.18. The molecular weight excluding hydrogens is 271 g/mol. The number of azo groups is 1. The summed E-state index contributed by atoms with van der Waals surface area (Å²) in [6, 6.07) is 6.52. The molecule has 7 nitrogen and oxygen atoms in total. The van der Waals surface area contributed by atoms with Crippen LogP contribution in [0, 0.1) is 6.92 Å². The van der Waals surface area contributed by atoms with Crippen LogP contribution in [0.3, 0.4) is 0 Å². The largest absolute Gasteiger partial charge is 0.494 e. The fraction of sp³-hybridized carbons (Fsp3) is 0.0769. The molecule has 0 bridgehead atoms. The minimum atomic E-state index is -0.870. The maximum atomic E-state index is 11.8. The van der Waals surface area contributed by atoms with Crippen molar-refractivity contribution in [1.29, 1.82) is 0 Å². The number of carbonyl (C=O) groups excluding carboxylic acids is 1. The molecule has 0 spiro atoms. The monoisotopic (exact) mass is 282 g/mol. The lowest BCUT2D eigenvalue weighted by atomic mass is 9.96. The Bertz CT molecular complexity index is 781. The number of nitrogens with two attached hydrogens (primary N) is 1.